The van der Waals surface area contributed by atoms with E-state index >= 15 is 0 Å². The lowest BCUT2D eigenvalue weighted by atomic mass is 10.0. The summed E-state index contributed by atoms with van der Waals surface area (Å²) in [6, 6.07) is 12.7. The zero-order valence-corrected chi connectivity index (χ0v) is 24.7. The minimum atomic E-state index is -0.229. The van der Waals surface area contributed by atoms with Crippen molar-refractivity contribution in [1.82, 2.24) is 9.89 Å². The average Bonchev–Trinajstić information content (AvgIpc) is 3.32. The summed E-state index contributed by atoms with van der Waals surface area (Å²) >= 11 is 19.2. The van der Waals surface area contributed by atoms with Crippen LogP contribution in [-0.4, -0.2) is 16.4 Å². The van der Waals surface area contributed by atoms with Crippen molar-refractivity contribution in [1.29, 1.82) is 0 Å². The number of hydrogen-bond acceptors (Lipinski definition) is 3. The zero-order chi connectivity index (χ0) is 27.2. The van der Waals surface area contributed by atoms with Gasteiger partial charge in [-0.25, -0.2) is 10.1 Å². The maximum absolute atomic E-state index is 11.9. The second-order valence-corrected chi connectivity index (χ2v) is 11.1. The highest BCUT2D eigenvalue weighted by molar-refractivity contribution is 6.42. The molecule has 1 aromatic heterocycles. The number of nitrogens with one attached hydrogen (secondary N) is 2. The Kier molecular flexibility index (Phi) is 13.5. The van der Waals surface area contributed by atoms with Gasteiger partial charge in [0.2, 0.25) is 0 Å². The van der Waals surface area contributed by atoms with Gasteiger partial charge in [0.05, 0.1) is 21.9 Å². The van der Waals surface area contributed by atoms with E-state index in [9.17, 15) is 4.79 Å². The van der Waals surface area contributed by atoms with Gasteiger partial charge in [0, 0.05) is 23.3 Å². The third-order valence-electron chi connectivity index (χ3n) is 6.70. The topological polar surface area (TPSA) is 53.1 Å². The molecule has 1 heterocycles. The normalized spacial score (nSPS) is 11.2. The van der Waals surface area contributed by atoms with E-state index in [2.05, 4.69) is 17.3 Å². The Morgan fingerprint density at radius 2 is 1.37 bits per heavy atom. The molecule has 0 spiro atoms. The van der Waals surface area contributed by atoms with Crippen LogP contribution in [0.5, 0.6) is 0 Å². The lowest BCUT2D eigenvalue weighted by Crippen LogP contribution is -2.27. The molecule has 2 N–H and O–H groups in total. The second kappa shape index (κ2) is 16.8. The number of hydrogen-bond donors (Lipinski definition) is 2. The molecule has 3 aromatic rings. The summed E-state index contributed by atoms with van der Waals surface area (Å²) in [6.45, 7) is 3.18. The number of rotatable bonds is 18. The van der Waals surface area contributed by atoms with Crippen molar-refractivity contribution in [2.24, 2.45) is 0 Å². The lowest BCUT2D eigenvalue weighted by molar-refractivity contribution is 0.541. The molecule has 0 saturated carbocycles. The first-order chi connectivity index (χ1) is 18.5. The number of unbranched alkanes of at least 4 members (excludes halogenated alkanes) is 12. The number of H-pyrrole nitrogens is 1. The Bertz CT molecular complexity index is 1140. The fourth-order valence-electron chi connectivity index (χ4n) is 4.66. The number of halogens is 3. The molecule has 8 heteroatoms. The van der Waals surface area contributed by atoms with E-state index in [4.69, 9.17) is 34.8 Å². The highest BCUT2D eigenvalue weighted by Crippen LogP contribution is 2.40. The quantitative estimate of drug-likeness (QED) is 0.147. The molecule has 0 fully saturated rings. The van der Waals surface area contributed by atoms with Crippen molar-refractivity contribution in [3.63, 3.8) is 0 Å². The van der Waals surface area contributed by atoms with Gasteiger partial charge in [0.15, 0.2) is 0 Å². The van der Waals surface area contributed by atoms with E-state index in [0.29, 0.717) is 20.8 Å². The molecule has 3 rings (SSSR count). The van der Waals surface area contributed by atoms with Gasteiger partial charge in [-0.15, -0.1) is 0 Å². The minimum Gasteiger partial charge on any atom is -0.385 e. The van der Waals surface area contributed by atoms with Crippen LogP contribution in [0.4, 0.5) is 17.1 Å². The van der Waals surface area contributed by atoms with Gasteiger partial charge < -0.3 is 5.32 Å². The first-order valence-corrected chi connectivity index (χ1v) is 15.2. The molecule has 5 nitrogen and oxygen atoms in total. The van der Waals surface area contributed by atoms with Crippen molar-refractivity contribution < 1.29 is 0 Å². The van der Waals surface area contributed by atoms with Gasteiger partial charge in [0.1, 0.15) is 5.69 Å². The molecule has 0 bridgehead atoms. The van der Waals surface area contributed by atoms with Crippen molar-refractivity contribution >= 4 is 51.9 Å². The van der Waals surface area contributed by atoms with Gasteiger partial charge in [-0.05, 0) is 36.8 Å². The Morgan fingerprint density at radius 1 is 0.789 bits per heavy atom. The van der Waals surface area contributed by atoms with E-state index in [1.807, 2.05) is 24.3 Å². The molecule has 0 aliphatic carbocycles. The van der Waals surface area contributed by atoms with Crippen LogP contribution >= 0.6 is 34.8 Å². The summed E-state index contributed by atoms with van der Waals surface area (Å²) in [7, 11) is 0. The van der Waals surface area contributed by atoms with E-state index < -0.39 is 0 Å². The van der Waals surface area contributed by atoms with E-state index in [1.165, 1.54) is 83.1 Å². The van der Waals surface area contributed by atoms with Crippen LogP contribution in [0.3, 0.4) is 0 Å². The predicted molar refractivity (Wildman–Crippen MR) is 165 cm³/mol. The van der Waals surface area contributed by atoms with E-state index in [-0.39, 0.29) is 5.56 Å². The van der Waals surface area contributed by atoms with Crippen molar-refractivity contribution in [2.45, 2.75) is 90.4 Å². The number of benzene rings is 2. The van der Waals surface area contributed by atoms with Crippen LogP contribution in [0.15, 0.2) is 53.5 Å². The van der Waals surface area contributed by atoms with Crippen LogP contribution in [0.1, 0.15) is 90.4 Å². The molecule has 0 aliphatic rings. The zero-order valence-electron chi connectivity index (χ0n) is 22.5. The highest BCUT2D eigenvalue weighted by atomic mass is 35.5. The molecule has 38 heavy (non-hydrogen) atoms. The number of aromatic nitrogens is 2. The molecule has 0 aliphatic heterocycles. The molecular weight excluding hydrogens is 539 g/mol. The maximum atomic E-state index is 11.9. The minimum absolute atomic E-state index is 0.229. The van der Waals surface area contributed by atoms with Gasteiger partial charge in [-0.2, -0.15) is 4.79 Å². The molecule has 0 amide bonds. The van der Waals surface area contributed by atoms with Crippen LogP contribution in [-0.2, 0) is 0 Å². The van der Waals surface area contributed by atoms with Crippen LogP contribution in [0.25, 0.3) is 0 Å². The summed E-state index contributed by atoms with van der Waals surface area (Å²) in [4.78, 5) is 13.5. The molecule has 0 atom stereocenters. The summed E-state index contributed by atoms with van der Waals surface area (Å²) in [5.74, 6) is 0. The number of nitrogens with zero attached hydrogens (tertiary/aromatic N) is 2. The largest absolute Gasteiger partial charge is 0.385 e. The van der Waals surface area contributed by atoms with Crippen molar-refractivity contribution in [3.8, 4) is 0 Å². The molecule has 0 unspecified atom stereocenters. The summed E-state index contributed by atoms with van der Waals surface area (Å²) in [5.41, 5.74) is 2.08. The number of anilines is 3. The SMILES string of the molecule is CCCCCCCCCCCCCCCNc1cccc(N(c2c(Cl)cc(Cl)cc2Cl)n2ccc(=O)[nH]2)c1. The Morgan fingerprint density at radius 3 is 1.92 bits per heavy atom. The highest BCUT2D eigenvalue weighted by Gasteiger charge is 2.20. The fourth-order valence-corrected chi connectivity index (χ4v) is 5.64. The van der Waals surface area contributed by atoms with Crippen LogP contribution in [0, 0.1) is 0 Å². The Labute approximate surface area is 242 Å². The van der Waals surface area contributed by atoms with Crippen molar-refractivity contribution in [2.75, 3.05) is 16.9 Å². The smallest absolute Gasteiger partial charge is 0.265 e. The summed E-state index contributed by atoms with van der Waals surface area (Å²) in [6.07, 6.45) is 19.1. The van der Waals surface area contributed by atoms with Crippen LogP contribution in [0.2, 0.25) is 15.1 Å². The van der Waals surface area contributed by atoms with E-state index in [0.717, 1.165) is 24.3 Å². The fraction of sp³-hybridized carbons (Fsp3) is 0.500. The second-order valence-electron chi connectivity index (χ2n) is 9.89. The first kappa shape index (κ1) is 30.5. The predicted octanol–water partition coefficient (Wildman–Crippen LogP) is 10.2. The summed E-state index contributed by atoms with van der Waals surface area (Å²) < 4.78 is 0. The Balaban J connectivity index is 1.47. The third kappa shape index (κ3) is 9.91. The van der Waals surface area contributed by atoms with Gasteiger partial charge in [0.25, 0.3) is 5.56 Å². The molecule has 208 valence electrons. The van der Waals surface area contributed by atoms with Gasteiger partial charge in [-0.3, -0.25) is 4.79 Å². The number of aromatic amines is 1. The van der Waals surface area contributed by atoms with Gasteiger partial charge in [-0.1, -0.05) is 125 Å². The van der Waals surface area contributed by atoms with E-state index in [1.54, 1.807) is 28.1 Å². The average molecular weight is 580 g/mol. The monoisotopic (exact) mass is 578 g/mol. The third-order valence-corrected chi connectivity index (χ3v) is 7.50. The van der Waals surface area contributed by atoms with Gasteiger partial charge >= 0.3 is 0 Å². The van der Waals surface area contributed by atoms with Crippen molar-refractivity contribution in [3.05, 3.63) is 74.1 Å². The Hall–Kier alpha value is -2.08. The molecule has 0 saturated heterocycles. The molecule has 2 aromatic carbocycles. The lowest BCUT2D eigenvalue weighted by Gasteiger charge is -2.27. The first-order valence-electron chi connectivity index (χ1n) is 14.1. The standard InChI is InChI=1S/C30H41Cl3N4O/c1-2-3-4-5-6-7-8-9-10-11-12-13-14-19-34-25-16-15-17-26(23-25)37(36-20-18-29(38)35-36)30-27(32)21-24(31)22-28(30)33/h15-18,20-23,34H,2-14,19H2,1H3,(H,35,38). The molecular formula is C30H41Cl3N4O. The summed E-state index contributed by atoms with van der Waals surface area (Å²) in [5, 5.41) is 9.27. The van der Waals surface area contributed by atoms with Crippen LogP contribution < -0.4 is 15.9 Å². The maximum Gasteiger partial charge on any atom is 0.265 e. The molecule has 0 radical (unpaired) electrons.